The molecule has 0 bridgehead atoms. The van der Waals surface area contributed by atoms with E-state index < -0.39 is 61.8 Å². The highest BCUT2D eigenvalue weighted by Gasteiger charge is 2.61. The number of nitrogens with two attached hydrogens (primary N) is 1. The molecule has 6 atom stereocenters. The predicted molar refractivity (Wildman–Crippen MR) is 152 cm³/mol. The Bertz CT molecular complexity index is 1340. The summed E-state index contributed by atoms with van der Waals surface area (Å²) in [6.45, 7) is 5.53. The molecule has 44 heavy (non-hydrogen) atoms. The third-order valence-corrected chi connectivity index (χ3v) is 9.09. The molecule has 2 heterocycles. The number of nitrogens with zero attached hydrogens (tertiary/aromatic N) is 4. The minimum Gasteiger partial charge on any atom is -0.461 e. The van der Waals surface area contributed by atoms with Gasteiger partial charge in [-0.15, -0.1) is 0 Å². The van der Waals surface area contributed by atoms with Gasteiger partial charge in [-0.1, -0.05) is 13.0 Å². The number of esters is 1. The summed E-state index contributed by atoms with van der Waals surface area (Å²) >= 11 is 0. The fourth-order valence-corrected chi connectivity index (χ4v) is 6.51. The van der Waals surface area contributed by atoms with Crippen LogP contribution >= 0.6 is 7.75 Å². The number of nitro benzene ring substituents is 1. The van der Waals surface area contributed by atoms with Crippen LogP contribution in [0.15, 0.2) is 46.7 Å². The zero-order valence-corrected chi connectivity index (χ0v) is 25.0. The van der Waals surface area contributed by atoms with Gasteiger partial charge in [0.05, 0.1) is 17.6 Å². The summed E-state index contributed by atoms with van der Waals surface area (Å²) in [6.07, 6.45) is -2.40. The van der Waals surface area contributed by atoms with Crippen molar-refractivity contribution in [1.29, 1.82) is 0 Å². The van der Waals surface area contributed by atoms with Crippen LogP contribution in [0.2, 0.25) is 0 Å². The number of alkyl halides is 2. The van der Waals surface area contributed by atoms with E-state index in [2.05, 4.69) is 21.7 Å². The number of aliphatic hydroxyl groups is 1. The average molecular weight is 645 g/mol. The van der Waals surface area contributed by atoms with Crippen molar-refractivity contribution in [2.45, 2.75) is 88.6 Å². The van der Waals surface area contributed by atoms with Gasteiger partial charge < -0.3 is 20.3 Å². The molecule has 18 heteroatoms. The summed E-state index contributed by atoms with van der Waals surface area (Å²) in [5.74, 6) is -5.03. The van der Waals surface area contributed by atoms with Gasteiger partial charge in [-0.3, -0.25) is 28.9 Å². The molecule has 0 radical (unpaired) electrons. The Balaban J connectivity index is 1.49. The number of ether oxygens (including phenoxy) is 2. The smallest absolute Gasteiger partial charge is 0.406 e. The van der Waals surface area contributed by atoms with Gasteiger partial charge in [-0.2, -0.15) is 13.8 Å². The fraction of sp³-hybridized carbons (Fsp3) is 0.577. The molecule has 1 aromatic carbocycles. The van der Waals surface area contributed by atoms with Gasteiger partial charge in [0.25, 0.3) is 5.69 Å². The van der Waals surface area contributed by atoms with Gasteiger partial charge in [-0.05, 0) is 57.2 Å². The maximum absolute atomic E-state index is 15.1. The van der Waals surface area contributed by atoms with Crippen molar-refractivity contribution < 1.29 is 46.7 Å². The molecule has 1 saturated carbocycles. The maximum Gasteiger partial charge on any atom is 0.406 e. The van der Waals surface area contributed by atoms with Crippen LogP contribution in [-0.4, -0.2) is 76.3 Å². The molecule has 4 N–H and O–H groups in total. The van der Waals surface area contributed by atoms with Crippen LogP contribution in [0.3, 0.4) is 0 Å². The number of aliphatic hydroxyl groups excluding tert-OH is 1. The lowest BCUT2D eigenvalue weighted by atomic mass is 9.98. The quantitative estimate of drug-likeness (QED) is 0.130. The number of carbonyl (C=O) groups is 1. The highest BCUT2D eigenvalue weighted by molar-refractivity contribution is 7.51. The molecule has 1 aromatic rings. The van der Waals surface area contributed by atoms with Crippen molar-refractivity contribution in [3.63, 3.8) is 0 Å². The van der Waals surface area contributed by atoms with Crippen LogP contribution in [0.1, 0.15) is 57.6 Å². The lowest BCUT2D eigenvalue weighted by Gasteiger charge is -2.31. The van der Waals surface area contributed by atoms with Crippen LogP contribution < -0.4 is 10.8 Å². The monoisotopic (exact) mass is 644 g/mol. The predicted octanol–water partition coefficient (Wildman–Crippen LogP) is 3.50. The van der Waals surface area contributed by atoms with Crippen LogP contribution in [0, 0.1) is 10.1 Å². The number of hydrogen-bond donors (Lipinski definition) is 3. The highest BCUT2D eigenvalue weighted by atomic mass is 31.2. The molecule has 0 spiro atoms. The molecule has 0 amide bonds. The van der Waals surface area contributed by atoms with Crippen molar-refractivity contribution in [1.82, 2.24) is 9.99 Å². The van der Waals surface area contributed by atoms with E-state index in [4.69, 9.17) is 24.3 Å². The Morgan fingerprint density at radius 2 is 1.98 bits per heavy atom. The first-order valence-electron chi connectivity index (χ1n) is 13.9. The minimum absolute atomic E-state index is 0.185. The summed E-state index contributed by atoms with van der Waals surface area (Å²) in [6, 6.07) is 3.99. The number of guanidine groups is 1. The van der Waals surface area contributed by atoms with E-state index in [0.29, 0.717) is 18.4 Å². The number of halogens is 2. The average Bonchev–Trinajstić information content (AvgIpc) is 3.20. The van der Waals surface area contributed by atoms with Crippen molar-refractivity contribution in [2.75, 3.05) is 6.61 Å². The van der Waals surface area contributed by atoms with E-state index in [-0.39, 0.29) is 23.6 Å². The topological polar surface area (TPSA) is 200 Å². The Hall–Kier alpha value is -3.34. The van der Waals surface area contributed by atoms with Gasteiger partial charge in [0.2, 0.25) is 12.2 Å². The third-order valence-electron chi connectivity index (χ3n) is 7.31. The van der Waals surface area contributed by atoms with Gasteiger partial charge in [0, 0.05) is 12.1 Å². The van der Waals surface area contributed by atoms with E-state index in [9.17, 15) is 24.6 Å². The molecule has 0 aromatic heterocycles. The number of rotatable bonds is 12. The molecule has 3 aliphatic rings. The highest BCUT2D eigenvalue weighted by Crippen LogP contribution is 2.50. The molecule has 242 valence electrons. The second-order valence-electron chi connectivity index (χ2n) is 10.6. The molecule has 1 aliphatic carbocycles. The van der Waals surface area contributed by atoms with E-state index in [1.165, 1.54) is 38.1 Å². The Morgan fingerprint density at radius 1 is 1.32 bits per heavy atom. The molecule has 1 saturated heterocycles. The SMILES string of the molecule is C=C1N=C(N)N=CN1[C@@H]1O[C@H](COP(=O)(N[C@@H](C)C(=O)OC2CCCCC2)OC(C)c2ccc([N+](=O)[O-])cc2)C(O)C1(F)F. The van der Waals surface area contributed by atoms with E-state index in [1.807, 2.05) is 0 Å². The minimum atomic E-state index is -4.54. The number of aliphatic imine (C=N–C) groups is 2. The second kappa shape index (κ2) is 13.7. The Morgan fingerprint density at radius 3 is 2.59 bits per heavy atom. The molecule has 3 unspecified atom stereocenters. The molecule has 4 rings (SSSR count). The van der Waals surface area contributed by atoms with Crippen LogP contribution in [0.25, 0.3) is 0 Å². The van der Waals surface area contributed by atoms with Crippen LogP contribution in [0.4, 0.5) is 14.5 Å². The molecular formula is C26H35F2N6O9P. The molecule has 2 aliphatic heterocycles. The number of carbonyl (C=O) groups excluding carboxylic acids is 1. The van der Waals surface area contributed by atoms with Gasteiger partial charge >= 0.3 is 19.6 Å². The van der Waals surface area contributed by atoms with Crippen molar-refractivity contribution in [2.24, 2.45) is 15.7 Å². The first-order valence-corrected chi connectivity index (χ1v) is 15.5. The van der Waals surface area contributed by atoms with Gasteiger partial charge in [0.15, 0.2) is 6.10 Å². The molecular weight excluding hydrogens is 609 g/mol. The molecule has 15 nitrogen and oxygen atoms in total. The number of nitro groups is 1. The summed E-state index contributed by atoms with van der Waals surface area (Å²) < 4.78 is 66.3. The van der Waals surface area contributed by atoms with Crippen LogP contribution in [0.5, 0.6) is 0 Å². The third kappa shape index (κ3) is 7.83. The van der Waals surface area contributed by atoms with Crippen molar-refractivity contribution in [3.8, 4) is 0 Å². The van der Waals surface area contributed by atoms with Gasteiger partial charge in [-0.25, -0.2) is 14.6 Å². The lowest BCUT2D eigenvalue weighted by molar-refractivity contribution is -0.384. The lowest BCUT2D eigenvalue weighted by Crippen LogP contribution is -2.49. The van der Waals surface area contributed by atoms with Crippen LogP contribution in [-0.2, 0) is 27.9 Å². The standard InChI is InChI=1S/C26H35F2N6O9P/c1-15(23(36)41-20-7-5-4-6-8-20)32-44(39,43-16(2)18-9-11-19(12-10-18)34(37)38)40-13-21-22(35)26(27,28)24(42-21)33-14-30-25(29)31-17(33)3/h9-12,14-16,20-22,24,35H,3-8,13H2,1-2H3,(H2,29,31)(H,32,39)/t15-,16?,21+,22?,24+,44?/m0/s1. The van der Waals surface area contributed by atoms with E-state index in [1.54, 1.807) is 0 Å². The number of benzene rings is 1. The zero-order chi connectivity index (χ0) is 32.2. The Kier molecular flexibility index (Phi) is 10.5. The van der Waals surface area contributed by atoms with E-state index >= 15 is 8.78 Å². The Labute approximate surface area is 251 Å². The number of non-ortho nitro benzene ring substituents is 1. The second-order valence-corrected chi connectivity index (χ2v) is 12.3. The first-order chi connectivity index (χ1) is 20.7. The number of nitrogens with one attached hydrogen (secondary N) is 1. The summed E-state index contributed by atoms with van der Waals surface area (Å²) in [4.78, 5) is 31.4. The summed E-state index contributed by atoms with van der Waals surface area (Å²) in [7, 11) is -4.54. The van der Waals surface area contributed by atoms with E-state index in [0.717, 1.165) is 30.5 Å². The molecule has 2 fully saturated rings. The fourth-order valence-electron chi connectivity index (χ4n) is 4.85. The first kappa shape index (κ1) is 33.6. The van der Waals surface area contributed by atoms with Crippen molar-refractivity contribution in [3.05, 3.63) is 52.3 Å². The summed E-state index contributed by atoms with van der Waals surface area (Å²) in [5, 5.41) is 23.9. The normalized spacial score (nSPS) is 26.5. The van der Waals surface area contributed by atoms with Gasteiger partial charge in [0.1, 0.15) is 30.4 Å². The largest absolute Gasteiger partial charge is 0.461 e. The summed E-state index contributed by atoms with van der Waals surface area (Å²) in [5.41, 5.74) is 5.65. The van der Waals surface area contributed by atoms with Crippen molar-refractivity contribution >= 4 is 31.7 Å². The maximum atomic E-state index is 15.1. The number of hydrogen-bond acceptors (Lipinski definition) is 13. The zero-order valence-electron chi connectivity index (χ0n) is 24.1.